The van der Waals surface area contributed by atoms with E-state index in [4.69, 9.17) is 16.3 Å². The Morgan fingerprint density at radius 3 is 2.34 bits per heavy atom. The van der Waals surface area contributed by atoms with Crippen LogP contribution in [0.1, 0.15) is 36.0 Å². The number of hydrazone groups is 1. The minimum Gasteiger partial charge on any atom is -0.484 e. The van der Waals surface area contributed by atoms with Gasteiger partial charge in [-0.3, -0.25) is 13.9 Å². The predicted octanol–water partition coefficient (Wildman–Crippen LogP) is 4.69. The van der Waals surface area contributed by atoms with Crippen LogP contribution in [-0.2, 0) is 19.6 Å². The second kappa shape index (κ2) is 13.6. The van der Waals surface area contributed by atoms with Crippen LogP contribution in [0.2, 0.25) is 5.02 Å². The third-order valence-electron chi connectivity index (χ3n) is 6.69. The Labute approximate surface area is 245 Å². The highest BCUT2D eigenvalue weighted by Crippen LogP contribution is 2.28. The third kappa shape index (κ3) is 8.08. The molecule has 0 unspecified atom stereocenters. The number of sulfonamides is 1. The SMILES string of the molecule is Cc1ccc(S(=O)(=O)N(CC(=O)N/N=C\c2ccc(OCC(=O)N3CCCCC3)cc2)c2ccc(C)c(Cl)c2)cc1. The number of piperidine rings is 1. The summed E-state index contributed by atoms with van der Waals surface area (Å²) in [7, 11) is -4.08. The number of aryl methyl sites for hydroxylation is 2. The average Bonchev–Trinajstić information content (AvgIpc) is 2.97. The summed E-state index contributed by atoms with van der Waals surface area (Å²) >= 11 is 6.27. The number of hydrogen-bond acceptors (Lipinski definition) is 6. The number of rotatable bonds is 10. The number of likely N-dealkylation sites (tertiary alicyclic amines) is 1. The lowest BCUT2D eigenvalue weighted by Gasteiger charge is -2.26. The zero-order valence-corrected chi connectivity index (χ0v) is 24.6. The summed E-state index contributed by atoms with van der Waals surface area (Å²) in [6.45, 7) is 4.69. The molecule has 9 nitrogen and oxygen atoms in total. The first-order valence-electron chi connectivity index (χ1n) is 13.3. The minimum atomic E-state index is -4.08. The molecule has 1 N–H and O–H groups in total. The zero-order chi connectivity index (χ0) is 29.4. The maximum absolute atomic E-state index is 13.5. The Morgan fingerprint density at radius 2 is 1.68 bits per heavy atom. The van der Waals surface area contributed by atoms with Crippen LogP contribution >= 0.6 is 11.6 Å². The number of carbonyl (C=O) groups is 2. The Balaban J connectivity index is 1.38. The number of nitrogens with one attached hydrogen (secondary N) is 1. The molecule has 2 amide bonds. The summed E-state index contributed by atoms with van der Waals surface area (Å²) in [5, 5.41) is 4.36. The van der Waals surface area contributed by atoms with Gasteiger partial charge in [0, 0.05) is 18.1 Å². The van der Waals surface area contributed by atoms with Crippen molar-refractivity contribution in [2.45, 2.75) is 38.0 Å². The number of hydrogen-bond donors (Lipinski definition) is 1. The number of nitrogens with zero attached hydrogens (tertiary/aromatic N) is 3. The number of benzene rings is 3. The van der Waals surface area contributed by atoms with Crippen molar-refractivity contribution in [3.05, 3.63) is 88.4 Å². The van der Waals surface area contributed by atoms with Crippen molar-refractivity contribution in [1.29, 1.82) is 0 Å². The fourth-order valence-corrected chi connectivity index (χ4v) is 5.85. The van der Waals surface area contributed by atoms with Crippen LogP contribution in [0.25, 0.3) is 0 Å². The van der Waals surface area contributed by atoms with Gasteiger partial charge in [-0.05, 0) is 92.8 Å². The molecule has 3 aromatic rings. The van der Waals surface area contributed by atoms with Crippen LogP contribution in [0.15, 0.2) is 76.7 Å². The molecule has 3 aromatic carbocycles. The quantitative estimate of drug-likeness (QED) is 0.270. The van der Waals surface area contributed by atoms with E-state index in [0.717, 1.165) is 47.8 Å². The van der Waals surface area contributed by atoms with Crippen molar-refractivity contribution in [3.63, 3.8) is 0 Å². The predicted molar refractivity (Wildman–Crippen MR) is 160 cm³/mol. The van der Waals surface area contributed by atoms with E-state index in [-0.39, 0.29) is 23.1 Å². The van der Waals surface area contributed by atoms with E-state index in [2.05, 4.69) is 10.5 Å². The molecule has 1 heterocycles. The Bertz CT molecular complexity index is 1500. The number of carbonyl (C=O) groups excluding carboxylic acids is 2. The van der Waals surface area contributed by atoms with Gasteiger partial charge >= 0.3 is 0 Å². The highest BCUT2D eigenvalue weighted by molar-refractivity contribution is 7.92. The maximum Gasteiger partial charge on any atom is 0.264 e. The van der Waals surface area contributed by atoms with Gasteiger partial charge in [0.15, 0.2) is 6.61 Å². The summed E-state index contributed by atoms with van der Waals surface area (Å²) < 4.78 is 33.7. The maximum atomic E-state index is 13.5. The van der Waals surface area contributed by atoms with Crippen molar-refractivity contribution in [3.8, 4) is 5.75 Å². The summed E-state index contributed by atoms with van der Waals surface area (Å²) in [6.07, 6.45) is 4.64. The van der Waals surface area contributed by atoms with Crippen molar-refractivity contribution < 1.29 is 22.7 Å². The summed E-state index contributed by atoms with van der Waals surface area (Å²) in [5.41, 5.74) is 5.01. The molecule has 0 aliphatic carbocycles. The fourth-order valence-electron chi connectivity index (χ4n) is 4.26. The molecule has 0 saturated carbocycles. The van der Waals surface area contributed by atoms with E-state index in [1.807, 2.05) is 11.8 Å². The van der Waals surface area contributed by atoms with Crippen LogP contribution in [0, 0.1) is 13.8 Å². The summed E-state index contributed by atoms with van der Waals surface area (Å²) in [4.78, 5) is 27.0. The Kier molecular flexibility index (Phi) is 10.0. The van der Waals surface area contributed by atoms with Crippen LogP contribution < -0.4 is 14.5 Å². The lowest BCUT2D eigenvalue weighted by Crippen LogP contribution is -2.39. The molecule has 0 aromatic heterocycles. The Morgan fingerprint density at radius 1 is 1.00 bits per heavy atom. The number of anilines is 1. The second-order valence-electron chi connectivity index (χ2n) is 9.85. The van der Waals surface area contributed by atoms with Crippen LogP contribution in [0.4, 0.5) is 5.69 Å². The van der Waals surface area contributed by atoms with E-state index in [9.17, 15) is 18.0 Å². The first-order valence-corrected chi connectivity index (χ1v) is 15.1. The van der Waals surface area contributed by atoms with Crippen molar-refractivity contribution in [2.75, 3.05) is 30.5 Å². The third-order valence-corrected chi connectivity index (χ3v) is 8.89. The molecular formula is C30H33ClN4O5S. The van der Waals surface area contributed by atoms with Crippen molar-refractivity contribution >= 4 is 45.3 Å². The molecule has 0 atom stereocenters. The van der Waals surface area contributed by atoms with Crippen LogP contribution in [0.5, 0.6) is 5.75 Å². The molecular weight excluding hydrogens is 564 g/mol. The van der Waals surface area contributed by atoms with Crippen molar-refractivity contribution in [2.24, 2.45) is 5.10 Å². The average molecular weight is 597 g/mol. The van der Waals surface area contributed by atoms with Gasteiger partial charge in [0.2, 0.25) is 0 Å². The topological polar surface area (TPSA) is 108 Å². The van der Waals surface area contributed by atoms with E-state index < -0.39 is 22.5 Å². The smallest absolute Gasteiger partial charge is 0.264 e. The van der Waals surface area contributed by atoms with Gasteiger partial charge in [-0.1, -0.05) is 35.4 Å². The highest BCUT2D eigenvalue weighted by atomic mass is 35.5. The largest absolute Gasteiger partial charge is 0.484 e. The monoisotopic (exact) mass is 596 g/mol. The molecule has 1 saturated heterocycles. The lowest BCUT2D eigenvalue weighted by molar-refractivity contribution is -0.134. The van der Waals surface area contributed by atoms with E-state index in [0.29, 0.717) is 16.3 Å². The standard InChI is InChI=1S/C30H33ClN4O5S/c1-22-6-14-27(15-7-22)41(38,39)35(25-11-8-23(2)28(31)18-25)20-29(36)33-32-19-24-9-12-26(13-10-24)40-21-30(37)34-16-4-3-5-17-34/h6-15,18-19H,3-5,16-17,20-21H2,1-2H3,(H,33,36)/b32-19-. The minimum absolute atomic E-state index is 0.0162. The molecule has 4 rings (SSSR count). The van der Waals surface area contributed by atoms with Gasteiger partial charge in [0.1, 0.15) is 12.3 Å². The summed E-state index contributed by atoms with van der Waals surface area (Å²) in [6, 6.07) is 18.1. The van der Waals surface area contributed by atoms with Gasteiger partial charge in [0.25, 0.3) is 21.8 Å². The molecule has 0 radical (unpaired) electrons. The van der Waals surface area contributed by atoms with Gasteiger partial charge in [-0.2, -0.15) is 5.10 Å². The van der Waals surface area contributed by atoms with Crippen LogP contribution in [0.3, 0.4) is 0 Å². The molecule has 0 spiro atoms. The number of amides is 2. The van der Waals surface area contributed by atoms with Crippen molar-refractivity contribution in [1.82, 2.24) is 10.3 Å². The molecule has 216 valence electrons. The number of halogens is 1. The molecule has 1 aliphatic heterocycles. The van der Waals surface area contributed by atoms with E-state index in [1.165, 1.54) is 24.4 Å². The molecule has 41 heavy (non-hydrogen) atoms. The molecule has 0 bridgehead atoms. The number of ether oxygens (including phenoxy) is 1. The van der Waals surface area contributed by atoms with Gasteiger partial charge in [-0.25, -0.2) is 13.8 Å². The molecule has 1 aliphatic rings. The molecule has 1 fully saturated rings. The first kappa shape index (κ1) is 30.1. The van der Waals surface area contributed by atoms with Gasteiger partial charge < -0.3 is 9.64 Å². The van der Waals surface area contributed by atoms with Crippen LogP contribution in [-0.4, -0.2) is 57.6 Å². The van der Waals surface area contributed by atoms with Gasteiger partial charge in [-0.15, -0.1) is 0 Å². The second-order valence-corrected chi connectivity index (χ2v) is 12.1. The molecule has 11 heteroatoms. The van der Waals surface area contributed by atoms with E-state index in [1.54, 1.807) is 55.5 Å². The summed E-state index contributed by atoms with van der Waals surface area (Å²) in [5.74, 6) is -0.112. The highest BCUT2D eigenvalue weighted by Gasteiger charge is 2.27. The van der Waals surface area contributed by atoms with Gasteiger partial charge in [0.05, 0.1) is 16.8 Å². The fraction of sp³-hybridized carbons (Fsp3) is 0.300. The first-order chi connectivity index (χ1) is 19.6. The van der Waals surface area contributed by atoms with E-state index >= 15 is 0 Å². The lowest BCUT2D eigenvalue weighted by atomic mass is 10.1. The Hall–Kier alpha value is -3.89. The zero-order valence-electron chi connectivity index (χ0n) is 23.0. The normalized spacial score (nSPS) is 13.7.